The van der Waals surface area contributed by atoms with Crippen LogP contribution in [-0.2, 0) is 0 Å². The summed E-state index contributed by atoms with van der Waals surface area (Å²) in [4.78, 5) is 0. The van der Waals surface area contributed by atoms with E-state index in [4.69, 9.17) is 0 Å². The summed E-state index contributed by atoms with van der Waals surface area (Å²) >= 11 is 0. The normalized spacial score (nSPS) is 12.2. The van der Waals surface area contributed by atoms with Gasteiger partial charge in [0, 0.05) is 0 Å². The topological polar surface area (TPSA) is 0 Å². The molecule has 0 saturated carbocycles. The first-order chi connectivity index (χ1) is 31.7. The minimum absolute atomic E-state index is 1.29. The second-order valence-electron chi connectivity index (χ2n) is 20.4. The van der Waals surface area contributed by atoms with Gasteiger partial charge in [0.15, 0.2) is 0 Å². The number of aryl methyl sites for hydroxylation is 12. The fourth-order valence-electron chi connectivity index (χ4n) is 13.4. The molecular weight excluding hydrogens is 793 g/mol. The van der Waals surface area contributed by atoms with Crippen molar-refractivity contribution in [3.63, 3.8) is 0 Å². The van der Waals surface area contributed by atoms with Crippen molar-refractivity contribution in [1.29, 1.82) is 0 Å². The average molecular weight is 849 g/mol. The van der Waals surface area contributed by atoms with Crippen LogP contribution in [0.4, 0.5) is 0 Å². The van der Waals surface area contributed by atoms with Gasteiger partial charge in [-0.25, -0.2) is 0 Å². The van der Waals surface area contributed by atoms with Crippen LogP contribution in [-0.4, -0.2) is 0 Å². The molecule has 12 aromatic rings. The molecule has 0 heterocycles. The average Bonchev–Trinajstić information content (AvgIpc) is 3.74. The van der Waals surface area contributed by atoms with E-state index in [2.05, 4.69) is 204 Å². The van der Waals surface area contributed by atoms with E-state index in [1.165, 1.54) is 187 Å². The SMILES string of the molecule is Cc1cc(C)c(-c2ccc3c(c2)c2cc4c(cc5c6cc(-c7c(C)cc(C)cc7C)ccc6c6c(-c7c(C)cc(C)cc7C)ccc4c56)c4ccc(-c5c(C)cc(C)cc5C)c3c42)c(C)c1. The van der Waals surface area contributed by atoms with Crippen LogP contribution in [0.25, 0.3) is 120 Å². The summed E-state index contributed by atoms with van der Waals surface area (Å²) in [5.74, 6) is 0. The van der Waals surface area contributed by atoms with Crippen LogP contribution >= 0.6 is 0 Å². The quantitative estimate of drug-likeness (QED) is 0.155. The summed E-state index contributed by atoms with van der Waals surface area (Å²) in [6.07, 6.45) is 0. The molecule has 0 atom stereocenters. The number of fused-ring (bicyclic) bond motifs is 9. The molecule has 0 bridgehead atoms. The van der Waals surface area contributed by atoms with Crippen molar-refractivity contribution >= 4 is 75.4 Å². The third-order valence-corrected chi connectivity index (χ3v) is 15.4. The highest BCUT2D eigenvalue weighted by Crippen LogP contribution is 2.53. The molecule has 0 aliphatic carbocycles. The molecule has 0 radical (unpaired) electrons. The van der Waals surface area contributed by atoms with Crippen LogP contribution in [0.2, 0.25) is 0 Å². The van der Waals surface area contributed by atoms with Crippen molar-refractivity contribution in [2.24, 2.45) is 0 Å². The highest BCUT2D eigenvalue weighted by molar-refractivity contribution is 6.43. The molecule has 0 unspecified atom stereocenters. The van der Waals surface area contributed by atoms with Gasteiger partial charge in [-0.15, -0.1) is 0 Å². The van der Waals surface area contributed by atoms with Gasteiger partial charge in [0.05, 0.1) is 0 Å². The Balaban J connectivity index is 1.26. The van der Waals surface area contributed by atoms with Gasteiger partial charge in [0.2, 0.25) is 0 Å². The Kier molecular flexibility index (Phi) is 8.73. The summed E-state index contributed by atoms with van der Waals surface area (Å²) in [7, 11) is 0. The fraction of sp³-hybridized carbons (Fsp3) is 0.182. The molecule has 12 aromatic carbocycles. The molecule has 0 amide bonds. The van der Waals surface area contributed by atoms with E-state index in [1.54, 1.807) is 0 Å². The smallest absolute Gasteiger partial charge is 0.00137 e. The first-order valence-electron chi connectivity index (χ1n) is 23.8. The zero-order valence-electron chi connectivity index (χ0n) is 40.5. The molecule has 320 valence electrons. The first kappa shape index (κ1) is 40.5. The van der Waals surface area contributed by atoms with E-state index < -0.39 is 0 Å². The van der Waals surface area contributed by atoms with Crippen LogP contribution in [0.15, 0.2) is 121 Å². The van der Waals surface area contributed by atoms with Crippen molar-refractivity contribution in [3.8, 4) is 44.5 Å². The zero-order valence-corrected chi connectivity index (χ0v) is 40.5. The molecule has 0 aliphatic heterocycles. The highest BCUT2D eigenvalue weighted by atomic mass is 14.3. The molecule has 0 N–H and O–H groups in total. The number of hydrogen-bond acceptors (Lipinski definition) is 0. The molecule has 0 fully saturated rings. The highest BCUT2D eigenvalue weighted by Gasteiger charge is 2.25. The second-order valence-corrected chi connectivity index (χ2v) is 20.4. The maximum Gasteiger partial charge on any atom is -0.00137 e. The minimum atomic E-state index is 1.29. The molecule has 0 aliphatic rings. The summed E-state index contributed by atoms with van der Waals surface area (Å²) in [6.45, 7) is 27.1. The summed E-state index contributed by atoms with van der Waals surface area (Å²) < 4.78 is 0. The molecular formula is C66H56. The van der Waals surface area contributed by atoms with Gasteiger partial charge in [-0.1, -0.05) is 119 Å². The van der Waals surface area contributed by atoms with Gasteiger partial charge in [0.1, 0.15) is 0 Å². The molecule has 0 saturated heterocycles. The van der Waals surface area contributed by atoms with E-state index in [-0.39, 0.29) is 0 Å². The van der Waals surface area contributed by atoms with E-state index in [1.807, 2.05) is 0 Å². The van der Waals surface area contributed by atoms with Crippen LogP contribution in [0.1, 0.15) is 66.8 Å². The number of hydrogen-bond donors (Lipinski definition) is 0. The Morgan fingerprint density at radius 3 is 0.773 bits per heavy atom. The fourth-order valence-corrected chi connectivity index (χ4v) is 13.4. The lowest BCUT2D eigenvalue weighted by molar-refractivity contribution is 1.32. The van der Waals surface area contributed by atoms with Crippen LogP contribution in [0, 0.1) is 83.1 Å². The van der Waals surface area contributed by atoms with Gasteiger partial charge in [-0.05, 0) is 272 Å². The van der Waals surface area contributed by atoms with Crippen molar-refractivity contribution in [3.05, 3.63) is 188 Å². The van der Waals surface area contributed by atoms with Gasteiger partial charge >= 0.3 is 0 Å². The predicted molar refractivity (Wildman–Crippen MR) is 290 cm³/mol. The molecule has 0 spiro atoms. The second kappa shape index (κ2) is 14.2. The first-order valence-corrected chi connectivity index (χ1v) is 23.8. The third kappa shape index (κ3) is 5.70. The Bertz CT molecular complexity index is 3730. The zero-order chi connectivity index (χ0) is 45.8. The van der Waals surface area contributed by atoms with Gasteiger partial charge < -0.3 is 0 Å². The number of rotatable bonds is 4. The molecule has 0 aromatic heterocycles. The van der Waals surface area contributed by atoms with Crippen molar-refractivity contribution in [2.75, 3.05) is 0 Å². The molecule has 66 heavy (non-hydrogen) atoms. The van der Waals surface area contributed by atoms with E-state index in [0.29, 0.717) is 0 Å². The number of benzene rings is 10. The maximum absolute atomic E-state index is 2.57. The molecule has 0 nitrogen and oxygen atoms in total. The Morgan fingerprint density at radius 2 is 0.455 bits per heavy atom. The lowest BCUT2D eigenvalue weighted by atomic mass is 9.86. The minimum Gasteiger partial charge on any atom is -0.0557 e. The Labute approximate surface area is 389 Å². The Morgan fingerprint density at radius 1 is 0.197 bits per heavy atom. The van der Waals surface area contributed by atoms with Crippen molar-refractivity contribution in [2.45, 2.75) is 83.1 Å². The van der Waals surface area contributed by atoms with Gasteiger partial charge in [0.25, 0.3) is 0 Å². The maximum atomic E-state index is 2.57. The summed E-state index contributed by atoms with van der Waals surface area (Å²) in [5.41, 5.74) is 26.5. The lowest BCUT2D eigenvalue weighted by Gasteiger charge is -2.17. The molecule has 12 rings (SSSR count). The lowest BCUT2D eigenvalue weighted by Crippen LogP contribution is -1.92. The van der Waals surface area contributed by atoms with Gasteiger partial charge in [-0.3, -0.25) is 0 Å². The molecule has 0 heteroatoms. The van der Waals surface area contributed by atoms with Crippen LogP contribution in [0.3, 0.4) is 0 Å². The third-order valence-electron chi connectivity index (χ3n) is 15.4. The van der Waals surface area contributed by atoms with Crippen molar-refractivity contribution < 1.29 is 0 Å². The summed E-state index contributed by atoms with van der Waals surface area (Å²) in [6, 6.07) is 48.3. The standard InChI is InChI=1S/C66H56/c1-33-21-37(5)59(38(6)22-33)45-13-15-47-53(29-45)57-31-55-50-18-20-52(62-43(11)27-36(4)28-44(62)12)64-48-16-14-46(60-39(7)23-34(2)24-40(60)8)30-54(48)58(66(50)64)32-56(55)49-17-19-51(63(47)65(49)57)61-41(9)25-35(3)26-42(61)10/h13-32H,1-12H3. The van der Waals surface area contributed by atoms with E-state index >= 15 is 0 Å². The van der Waals surface area contributed by atoms with E-state index in [0.717, 1.165) is 0 Å². The van der Waals surface area contributed by atoms with Crippen molar-refractivity contribution in [1.82, 2.24) is 0 Å². The van der Waals surface area contributed by atoms with Crippen LogP contribution in [0.5, 0.6) is 0 Å². The van der Waals surface area contributed by atoms with E-state index in [9.17, 15) is 0 Å². The van der Waals surface area contributed by atoms with Gasteiger partial charge in [-0.2, -0.15) is 0 Å². The summed E-state index contributed by atoms with van der Waals surface area (Å²) in [5, 5.41) is 18.8. The largest absolute Gasteiger partial charge is 0.0557 e. The Hall–Kier alpha value is -7.02. The monoisotopic (exact) mass is 848 g/mol. The van der Waals surface area contributed by atoms with Crippen LogP contribution < -0.4 is 0 Å². The predicted octanol–water partition coefficient (Wildman–Crippen LogP) is 19.0.